The molecule has 2 heterocycles. The first-order valence-electron chi connectivity index (χ1n) is 5.59. The Labute approximate surface area is 107 Å². The van der Waals surface area contributed by atoms with Gasteiger partial charge in [-0.25, -0.2) is 9.97 Å². The molecule has 19 heavy (non-hydrogen) atoms. The van der Waals surface area contributed by atoms with Crippen molar-refractivity contribution in [2.24, 2.45) is 11.0 Å². The first kappa shape index (κ1) is 11.5. The Bertz CT molecular complexity index is 726. The summed E-state index contributed by atoms with van der Waals surface area (Å²) in [5, 5.41) is 12.5. The van der Waals surface area contributed by atoms with Crippen molar-refractivity contribution < 1.29 is 5.11 Å². The van der Waals surface area contributed by atoms with Crippen LogP contribution in [-0.2, 0) is 0 Å². The van der Waals surface area contributed by atoms with Crippen LogP contribution in [0.3, 0.4) is 0 Å². The van der Waals surface area contributed by atoms with Gasteiger partial charge in [-0.2, -0.15) is 4.98 Å². The topological polar surface area (TPSA) is 139 Å². The van der Waals surface area contributed by atoms with Gasteiger partial charge in [-0.1, -0.05) is 0 Å². The molecular formula is C10H10N8O. The summed E-state index contributed by atoms with van der Waals surface area (Å²) in [6, 6.07) is 0. The Morgan fingerprint density at radius 3 is 3.16 bits per heavy atom. The standard InChI is InChI=1S/C10H10N8O/c11-10-14-8(16-17-12)7-9(15-10)18(4-13-7)2-5-1-6(5)3-19/h2,4,6,19H,1,3H2,(H2,11,14,15)/b5-2-/t6-/m0/s1. The second-order valence-electron chi connectivity index (χ2n) is 4.21. The fourth-order valence-corrected chi connectivity index (χ4v) is 1.87. The smallest absolute Gasteiger partial charge is 0.222 e. The second kappa shape index (κ2) is 4.23. The Kier molecular flexibility index (Phi) is 2.55. The van der Waals surface area contributed by atoms with Gasteiger partial charge in [-0.15, -0.1) is 0 Å². The zero-order valence-corrected chi connectivity index (χ0v) is 9.80. The molecule has 9 nitrogen and oxygen atoms in total. The average Bonchev–Trinajstić information content (AvgIpc) is 3.03. The Balaban J connectivity index is 2.13. The molecule has 3 N–H and O–H groups in total. The molecule has 1 fully saturated rings. The molecule has 3 rings (SSSR count). The van der Waals surface area contributed by atoms with Gasteiger partial charge in [0.1, 0.15) is 11.8 Å². The lowest BCUT2D eigenvalue weighted by Gasteiger charge is -1.98. The van der Waals surface area contributed by atoms with Crippen LogP contribution >= 0.6 is 0 Å². The van der Waals surface area contributed by atoms with Crippen molar-refractivity contribution >= 4 is 29.1 Å². The van der Waals surface area contributed by atoms with Crippen LogP contribution in [0.4, 0.5) is 11.8 Å². The number of rotatable bonds is 3. The molecule has 96 valence electrons. The highest BCUT2D eigenvalue weighted by atomic mass is 16.3. The Hall–Kier alpha value is -2.64. The number of nitrogen functional groups attached to an aromatic ring is 1. The summed E-state index contributed by atoms with van der Waals surface area (Å²) in [6.45, 7) is 0.138. The van der Waals surface area contributed by atoms with Gasteiger partial charge in [0.15, 0.2) is 11.5 Å². The number of imidazole rings is 1. The van der Waals surface area contributed by atoms with Crippen LogP contribution in [-0.4, -0.2) is 31.2 Å². The summed E-state index contributed by atoms with van der Waals surface area (Å²) < 4.78 is 1.69. The van der Waals surface area contributed by atoms with Gasteiger partial charge in [0, 0.05) is 23.6 Å². The summed E-state index contributed by atoms with van der Waals surface area (Å²) >= 11 is 0. The van der Waals surface area contributed by atoms with Crippen LogP contribution < -0.4 is 5.73 Å². The SMILES string of the molecule is [N-]=[N+]=Nc1nc(N)nc2c1ncn2/C=C1/C[C@H]1CO. The number of aromatic nitrogens is 4. The maximum Gasteiger partial charge on any atom is 0.222 e. The van der Waals surface area contributed by atoms with E-state index in [9.17, 15) is 0 Å². The molecule has 0 radical (unpaired) electrons. The van der Waals surface area contributed by atoms with E-state index in [1.54, 1.807) is 10.9 Å². The van der Waals surface area contributed by atoms with Crippen LogP contribution in [0.5, 0.6) is 0 Å². The number of hydrogen-bond acceptors (Lipinski definition) is 6. The van der Waals surface area contributed by atoms with Crippen molar-refractivity contribution in [3.05, 3.63) is 22.3 Å². The van der Waals surface area contributed by atoms with Crippen molar-refractivity contribution in [1.29, 1.82) is 0 Å². The molecule has 0 spiro atoms. The molecule has 1 aliphatic rings. The third kappa shape index (κ3) is 1.96. The lowest BCUT2D eigenvalue weighted by Crippen LogP contribution is -1.97. The predicted octanol–water partition coefficient (Wildman–Crippen LogP) is 1.20. The van der Waals surface area contributed by atoms with E-state index in [0.717, 1.165) is 12.0 Å². The van der Waals surface area contributed by atoms with E-state index in [0.29, 0.717) is 11.2 Å². The van der Waals surface area contributed by atoms with Crippen molar-refractivity contribution in [3.63, 3.8) is 0 Å². The van der Waals surface area contributed by atoms with Crippen molar-refractivity contribution in [2.75, 3.05) is 12.3 Å². The summed E-state index contributed by atoms with van der Waals surface area (Å²) in [7, 11) is 0. The minimum atomic E-state index is 0.0181. The lowest BCUT2D eigenvalue weighted by atomic mass is 10.4. The van der Waals surface area contributed by atoms with E-state index in [1.807, 2.05) is 6.20 Å². The summed E-state index contributed by atoms with van der Waals surface area (Å²) in [5.41, 5.74) is 16.0. The average molecular weight is 258 g/mol. The van der Waals surface area contributed by atoms with Crippen LogP contribution in [0, 0.1) is 5.92 Å². The number of aliphatic hydroxyl groups excluding tert-OH is 1. The minimum absolute atomic E-state index is 0.0181. The maximum atomic E-state index is 9.01. The zero-order chi connectivity index (χ0) is 13.4. The Morgan fingerprint density at radius 2 is 2.47 bits per heavy atom. The van der Waals surface area contributed by atoms with E-state index in [2.05, 4.69) is 25.0 Å². The molecule has 0 amide bonds. The van der Waals surface area contributed by atoms with Crippen molar-refractivity contribution in [1.82, 2.24) is 19.5 Å². The van der Waals surface area contributed by atoms with E-state index in [1.165, 1.54) is 0 Å². The summed E-state index contributed by atoms with van der Waals surface area (Å²) in [4.78, 5) is 14.7. The second-order valence-corrected chi connectivity index (χ2v) is 4.21. The van der Waals surface area contributed by atoms with E-state index in [4.69, 9.17) is 16.4 Å². The van der Waals surface area contributed by atoms with Crippen LogP contribution in [0.15, 0.2) is 17.0 Å². The zero-order valence-electron chi connectivity index (χ0n) is 9.80. The summed E-state index contributed by atoms with van der Waals surface area (Å²) in [5.74, 6) is 0.342. The highest BCUT2D eigenvalue weighted by Gasteiger charge is 2.28. The number of nitrogens with zero attached hydrogens (tertiary/aromatic N) is 7. The van der Waals surface area contributed by atoms with Gasteiger partial charge < -0.3 is 10.8 Å². The monoisotopic (exact) mass is 258 g/mol. The highest BCUT2D eigenvalue weighted by molar-refractivity contribution is 5.83. The molecule has 2 aromatic heterocycles. The maximum absolute atomic E-state index is 9.01. The lowest BCUT2D eigenvalue weighted by molar-refractivity contribution is 0.281. The first-order valence-corrected chi connectivity index (χ1v) is 5.59. The number of azide groups is 1. The van der Waals surface area contributed by atoms with Gasteiger partial charge in [-0.3, -0.25) is 4.57 Å². The summed E-state index contributed by atoms with van der Waals surface area (Å²) in [6.07, 6.45) is 4.26. The molecule has 0 bridgehead atoms. The molecular weight excluding hydrogens is 248 g/mol. The van der Waals surface area contributed by atoms with E-state index in [-0.39, 0.29) is 24.3 Å². The first-order chi connectivity index (χ1) is 9.22. The number of hydrogen-bond donors (Lipinski definition) is 2. The largest absolute Gasteiger partial charge is 0.396 e. The van der Waals surface area contributed by atoms with Gasteiger partial charge in [0.25, 0.3) is 0 Å². The fourth-order valence-electron chi connectivity index (χ4n) is 1.87. The molecule has 0 aromatic carbocycles. The van der Waals surface area contributed by atoms with Crippen LogP contribution in [0.25, 0.3) is 27.8 Å². The number of fused-ring (bicyclic) bond motifs is 1. The quantitative estimate of drug-likeness (QED) is 0.483. The normalized spacial score (nSPS) is 19.6. The molecule has 1 saturated carbocycles. The third-order valence-corrected chi connectivity index (χ3v) is 2.93. The van der Waals surface area contributed by atoms with Crippen molar-refractivity contribution in [3.8, 4) is 0 Å². The molecule has 0 unspecified atom stereocenters. The molecule has 0 saturated heterocycles. The van der Waals surface area contributed by atoms with Gasteiger partial charge in [0.2, 0.25) is 5.95 Å². The highest BCUT2D eigenvalue weighted by Crippen LogP contribution is 2.38. The number of nitrogens with two attached hydrogens (primary N) is 1. The number of aliphatic hydroxyl groups is 1. The minimum Gasteiger partial charge on any atom is -0.396 e. The van der Waals surface area contributed by atoms with E-state index < -0.39 is 0 Å². The molecule has 1 aliphatic carbocycles. The molecule has 0 aliphatic heterocycles. The van der Waals surface area contributed by atoms with Crippen molar-refractivity contribution in [2.45, 2.75) is 6.42 Å². The van der Waals surface area contributed by atoms with E-state index >= 15 is 0 Å². The molecule has 9 heteroatoms. The van der Waals surface area contributed by atoms with Gasteiger partial charge in [-0.05, 0) is 22.6 Å². The third-order valence-electron chi connectivity index (χ3n) is 2.93. The fraction of sp³-hybridized carbons (Fsp3) is 0.300. The Morgan fingerprint density at radius 1 is 1.63 bits per heavy atom. The van der Waals surface area contributed by atoms with Gasteiger partial charge >= 0.3 is 0 Å². The molecule has 2 aromatic rings. The van der Waals surface area contributed by atoms with Crippen LogP contribution in [0.1, 0.15) is 6.42 Å². The van der Waals surface area contributed by atoms with Crippen LogP contribution in [0.2, 0.25) is 0 Å². The van der Waals surface area contributed by atoms with Gasteiger partial charge in [0.05, 0.1) is 0 Å². The predicted molar refractivity (Wildman–Crippen MR) is 68.0 cm³/mol. The number of anilines is 1. The molecule has 1 atom stereocenters.